The molecule has 2 rings (SSSR count). The van der Waals surface area contributed by atoms with Crippen LogP contribution in [-0.4, -0.2) is 33.7 Å². The van der Waals surface area contributed by atoms with Gasteiger partial charge < -0.3 is 5.11 Å². The van der Waals surface area contributed by atoms with Crippen LogP contribution in [-0.2, 0) is 9.59 Å². The van der Waals surface area contributed by atoms with Crippen molar-refractivity contribution in [1.29, 1.82) is 0 Å². The second-order valence-electron chi connectivity index (χ2n) is 4.39. The number of imide groups is 1. The van der Waals surface area contributed by atoms with Crippen molar-refractivity contribution in [2.45, 2.75) is 13.3 Å². The zero-order valence-corrected chi connectivity index (χ0v) is 11.6. The lowest BCUT2D eigenvalue weighted by molar-refractivity contribution is -0.137. The number of aliphatic carboxylic acids is 1. The molecular weight excluding hydrogens is 278 g/mol. The Bertz CT molecular complexity index is 609. The van der Waals surface area contributed by atoms with Crippen LogP contribution in [0.5, 0.6) is 0 Å². The minimum absolute atomic E-state index is 0.0921. The standard InChI is InChI=1S/C14H13NO4S/c1-9-3-2-4-10(7-9)8-11-13(18)15(14(19)20-11)6-5-12(16)17/h2-4,7-8H,5-6H2,1H3,(H,16,17). The SMILES string of the molecule is Cc1cccc(C=C2SC(=O)N(CCC(=O)O)C2=O)c1. The van der Waals surface area contributed by atoms with Gasteiger partial charge in [-0.25, -0.2) is 0 Å². The third-order valence-corrected chi connectivity index (χ3v) is 3.67. The van der Waals surface area contributed by atoms with Gasteiger partial charge in [0.2, 0.25) is 0 Å². The Kier molecular flexibility index (Phi) is 4.24. The molecule has 0 unspecified atom stereocenters. The molecule has 1 aromatic carbocycles. The number of carbonyl (C=O) groups excluding carboxylic acids is 2. The average molecular weight is 291 g/mol. The minimum Gasteiger partial charge on any atom is -0.481 e. The van der Waals surface area contributed by atoms with Crippen LogP contribution in [0, 0.1) is 6.92 Å². The molecule has 0 aliphatic carbocycles. The molecule has 1 aromatic rings. The van der Waals surface area contributed by atoms with E-state index in [2.05, 4.69) is 0 Å². The lowest BCUT2D eigenvalue weighted by atomic mass is 10.1. The topological polar surface area (TPSA) is 74.7 Å². The molecule has 0 saturated carbocycles. The summed E-state index contributed by atoms with van der Waals surface area (Å²) in [7, 11) is 0. The number of hydrogen-bond donors (Lipinski definition) is 1. The van der Waals surface area contributed by atoms with Gasteiger partial charge in [0.15, 0.2) is 0 Å². The van der Waals surface area contributed by atoms with Crippen molar-refractivity contribution in [3.05, 3.63) is 40.3 Å². The lowest BCUT2D eigenvalue weighted by Gasteiger charge is -2.09. The highest BCUT2D eigenvalue weighted by Crippen LogP contribution is 2.32. The summed E-state index contributed by atoms with van der Waals surface area (Å²) in [5.41, 5.74) is 1.90. The molecule has 0 radical (unpaired) electrons. The molecule has 6 heteroatoms. The highest BCUT2D eigenvalue weighted by Gasteiger charge is 2.34. The fourth-order valence-electron chi connectivity index (χ4n) is 1.81. The summed E-state index contributed by atoms with van der Waals surface area (Å²) in [5, 5.41) is 8.19. The fourth-order valence-corrected chi connectivity index (χ4v) is 2.68. The van der Waals surface area contributed by atoms with Gasteiger partial charge in [-0.1, -0.05) is 29.8 Å². The Labute approximate surface area is 120 Å². The van der Waals surface area contributed by atoms with Crippen molar-refractivity contribution in [2.75, 3.05) is 6.54 Å². The Morgan fingerprint density at radius 1 is 1.40 bits per heavy atom. The number of carbonyl (C=O) groups is 3. The predicted molar refractivity (Wildman–Crippen MR) is 76.1 cm³/mol. The smallest absolute Gasteiger partial charge is 0.305 e. The van der Waals surface area contributed by atoms with Crippen molar-refractivity contribution in [3.8, 4) is 0 Å². The van der Waals surface area contributed by atoms with Gasteiger partial charge in [0.05, 0.1) is 11.3 Å². The second-order valence-corrected chi connectivity index (χ2v) is 5.38. The van der Waals surface area contributed by atoms with E-state index >= 15 is 0 Å². The Morgan fingerprint density at radius 3 is 2.80 bits per heavy atom. The maximum absolute atomic E-state index is 12.0. The summed E-state index contributed by atoms with van der Waals surface area (Å²) in [6.45, 7) is 1.85. The van der Waals surface area contributed by atoms with Crippen molar-refractivity contribution in [1.82, 2.24) is 4.90 Å². The molecule has 1 aliphatic rings. The number of thioether (sulfide) groups is 1. The molecule has 2 amide bonds. The number of carboxylic acids is 1. The zero-order chi connectivity index (χ0) is 14.7. The predicted octanol–water partition coefficient (Wildman–Crippen LogP) is 2.51. The lowest BCUT2D eigenvalue weighted by Crippen LogP contribution is -2.30. The molecule has 0 bridgehead atoms. The highest BCUT2D eigenvalue weighted by molar-refractivity contribution is 8.18. The summed E-state index contributed by atoms with van der Waals surface area (Å²) < 4.78 is 0. The van der Waals surface area contributed by atoms with Gasteiger partial charge in [-0.05, 0) is 30.3 Å². The van der Waals surface area contributed by atoms with E-state index in [1.165, 1.54) is 0 Å². The number of benzene rings is 1. The van der Waals surface area contributed by atoms with Crippen LogP contribution in [0.3, 0.4) is 0 Å². The van der Waals surface area contributed by atoms with Crippen molar-refractivity contribution in [3.63, 3.8) is 0 Å². The molecule has 1 saturated heterocycles. The van der Waals surface area contributed by atoms with Crippen molar-refractivity contribution in [2.24, 2.45) is 0 Å². The van der Waals surface area contributed by atoms with Gasteiger partial charge in [0, 0.05) is 6.54 Å². The Morgan fingerprint density at radius 2 is 2.15 bits per heavy atom. The van der Waals surface area contributed by atoms with E-state index < -0.39 is 17.1 Å². The van der Waals surface area contributed by atoms with Crippen molar-refractivity contribution >= 4 is 35.0 Å². The molecule has 1 fully saturated rings. The van der Waals surface area contributed by atoms with Crippen LogP contribution >= 0.6 is 11.8 Å². The molecule has 5 nitrogen and oxygen atoms in total. The number of carboxylic acid groups (broad SMARTS) is 1. The summed E-state index contributed by atoms with van der Waals surface area (Å²) in [5.74, 6) is -1.46. The maximum Gasteiger partial charge on any atom is 0.305 e. The fraction of sp³-hybridized carbons (Fsp3) is 0.214. The summed E-state index contributed by atoms with van der Waals surface area (Å²) in [4.78, 5) is 35.5. The number of nitrogens with zero attached hydrogens (tertiary/aromatic N) is 1. The molecule has 20 heavy (non-hydrogen) atoms. The third-order valence-electron chi connectivity index (χ3n) is 2.76. The van der Waals surface area contributed by atoms with Crippen LogP contribution in [0.15, 0.2) is 29.2 Å². The first-order valence-electron chi connectivity index (χ1n) is 6.01. The number of amides is 2. The van der Waals surface area contributed by atoms with E-state index in [4.69, 9.17) is 5.11 Å². The normalized spacial score (nSPS) is 17.1. The maximum atomic E-state index is 12.0. The molecule has 0 spiro atoms. The monoisotopic (exact) mass is 291 g/mol. The molecule has 1 aliphatic heterocycles. The van der Waals surface area contributed by atoms with Crippen LogP contribution in [0.25, 0.3) is 6.08 Å². The van der Waals surface area contributed by atoms with Gasteiger partial charge in [0.25, 0.3) is 11.1 Å². The third kappa shape index (κ3) is 3.27. The van der Waals surface area contributed by atoms with Crippen LogP contribution in [0.2, 0.25) is 0 Å². The van der Waals surface area contributed by atoms with E-state index in [1.54, 1.807) is 6.08 Å². The van der Waals surface area contributed by atoms with Gasteiger partial charge in [-0.15, -0.1) is 0 Å². The first-order valence-corrected chi connectivity index (χ1v) is 6.83. The number of aryl methyl sites for hydroxylation is 1. The van der Waals surface area contributed by atoms with Crippen LogP contribution in [0.4, 0.5) is 4.79 Å². The van der Waals surface area contributed by atoms with E-state index in [0.717, 1.165) is 27.8 Å². The highest BCUT2D eigenvalue weighted by atomic mass is 32.2. The van der Waals surface area contributed by atoms with E-state index in [9.17, 15) is 14.4 Å². The minimum atomic E-state index is -1.04. The number of rotatable bonds is 4. The molecule has 1 N–H and O–H groups in total. The van der Waals surface area contributed by atoms with Gasteiger partial charge in [-0.2, -0.15) is 0 Å². The molecule has 1 heterocycles. The molecule has 0 atom stereocenters. The largest absolute Gasteiger partial charge is 0.481 e. The van der Waals surface area contributed by atoms with Gasteiger partial charge in [0.1, 0.15) is 0 Å². The zero-order valence-electron chi connectivity index (χ0n) is 10.8. The molecule has 104 valence electrons. The van der Waals surface area contributed by atoms with Crippen LogP contribution in [0.1, 0.15) is 17.5 Å². The summed E-state index contributed by atoms with van der Waals surface area (Å²) >= 11 is 0.840. The summed E-state index contributed by atoms with van der Waals surface area (Å²) in [6, 6.07) is 7.56. The first-order chi connectivity index (χ1) is 9.47. The Balaban J connectivity index is 2.17. The summed E-state index contributed by atoms with van der Waals surface area (Å²) in [6.07, 6.45) is 1.41. The van der Waals surface area contributed by atoms with Gasteiger partial charge in [-0.3, -0.25) is 19.3 Å². The van der Waals surface area contributed by atoms with Gasteiger partial charge >= 0.3 is 5.97 Å². The number of hydrogen-bond acceptors (Lipinski definition) is 4. The molecular formula is C14H13NO4S. The van der Waals surface area contributed by atoms with Crippen molar-refractivity contribution < 1.29 is 19.5 Å². The first kappa shape index (κ1) is 14.3. The quantitative estimate of drug-likeness (QED) is 0.863. The van der Waals surface area contributed by atoms with E-state index in [-0.39, 0.29) is 13.0 Å². The van der Waals surface area contributed by atoms with E-state index in [0.29, 0.717) is 4.91 Å². The Hall–Kier alpha value is -2.08. The van der Waals surface area contributed by atoms with E-state index in [1.807, 2.05) is 31.2 Å². The second kappa shape index (κ2) is 5.92. The van der Waals surface area contributed by atoms with Crippen LogP contribution < -0.4 is 0 Å². The average Bonchev–Trinajstić information content (AvgIpc) is 2.62. The molecule has 0 aromatic heterocycles.